The number of nitrogens with one attached hydrogen (secondary N) is 2. The van der Waals surface area contributed by atoms with E-state index in [0.717, 1.165) is 38.5 Å². The lowest BCUT2D eigenvalue weighted by atomic mass is 10.2. The first-order valence-electron chi connectivity index (χ1n) is 12.3. The molecule has 0 saturated heterocycles. The molecule has 6 nitrogen and oxygen atoms in total. The van der Waals surface area contributed by atoms with Crippen LogP contribution in [0.25, 0.3) is 0 Å². The van der Waals surface area contributed by atoms with Gasteiger partial charge in [0, 0.05) is 13.0 Å². The van der Waals surface area contributed by atoms with Crippen LogP contribution in [0.4, 0.5) is 4.79 Å². The Balaban J connectivity index is 3.88. The average molecular weight is 472 g/mol. The maximum absolute atomic E-state index is 12.1. The molecule has 34 heavy (non-hydrogen) atoms. The number of carbonyl (C=O) groups is 2. The van der Waals surface area contributed by atoms with E-state index < -0.39 is 6.09 Å². The number of hydrogen-bond donors (Lipinski definition) is 2. The third kappa shape index (κ3) is 22.3. The molecule has 0 unspecified atom stereocenters. The topological polar surface area (TPSA) is 70.7 Å². The smallest absolute Gasteiger partial charge is 0.422 e. The van der Waals surface area contributed by atoms with E-state index in [2.05, 4.69) is 89.3 Å². The van der Waals surface area contributed by atoms with Crippen LogP contribution in [0.1, 0.15) is 72.1 Å². The van der Waals surface area contributed by atoms with Gasteiger partial charge in [-0.05, 0) is 50.9 Å². The van der Waals surface area contributed by atoms with Gasteiger partial charge in [-0.25, -0.2) is 10.2 Å². The van der Waals surface area contributed by atoms with Crippen molar-refractivity contribution < 1.29 is 14.3 Å². The minimum Gasteiger partial charge on any atom is -0.452 e. The third-order valence-corrected chi connectivity index (χ3v) is 4.35. The standard InChI is InChI=1S/C28H45N3O3/c1-5-6-7-8-9-10-11-12-13-14-15-16-17-18-19-20-21-22-23-24-27(32)29-31(25-26(2)3)30-28(33)34-4/h6-7,9-10,12-13,15-16,18-19,21-22,26H,5,8,11,14,17,20,23-25H2,1-4H3,(H,29,32)(H,30,33)/b7-6-,10-9-,13-12-,16-15-,19-18-,22-21-. The van der Waals surface area contributed by atoms with Gasteiger partial charge < -0.3 is 4.74 Å². The highest BCUT2D eigenvalue weighted by molar-refractivity contribution is 5.76. The SMILES string of the molecule is CC/C=C\C/C=C\C/C=C\C/C=C\C/C=C\C/C=C\CCC(=O)NN(CC(C)C)NC(=O)OC. The Morgan fingerprint density at radius 3 is 1.59 bits per heavy atom. The van der Waals surface area contributed by atoms with Crippen molar-refractivity contribution in [3.05, 3.63) is 72.9 Å². The normalized spacial score (nSPS) is 12.6. The fourth-order valence-corrected chi connectivity index (χ4v) is 2.70. The first-order chi connectivity index (χ1) is 16.5. The lowest BCUT2D eigenvalue weighted by Crippen LogP contribution is -2.54. The lowest BCUT2D eigenvalue weighted by molar-refractivity contribution is -0.127. The van der Waals surface area contributed by atoms with E-state index in [1.54, 1.807) is 0 Å². The second-order valence-corrected chi connectivity index (χ2v) is 8.10. The zero-order chi connectivity index (χ0) is 25.3. The summed E-state index contributed by atoms with van der Waals surface area (Å²) in [5.41, 5.74) is 5.18. The van der Waals surface area contributed by atoms with Gasteiger partial charge in [-0.1, -0.05) is 93.7 Å². The van der Waals surface area contributed by atoms with E-state index >= 15 is 0 Å². The van der Waals surface area contributed by atoms with Crippen molar-refractivity contribution in [1.29, 1.82) is 0 Å². The first-order valence-corrected chi connectivity index (χ1v) is 12.3. The van der Waals surface area contributed by atoms with Gasteiger partial charge in [0.15, 0.2) is 0 Å². The predicted molar refractivity (Wildman–Crippen MR) is 143 cm³/mol. The highest BCUT2D eigenvalue weighted by Gasteiger charge is 2.13. The molecule has 0 fully saturated rings. The summed E-state index contributed by atoms with van der Waals surface area (Å²) in [4.78, 5) is 23.4. The number of rotatable bonds is 18. The molecule has 0 bridgehead atoms. The monoisotopic (exact) mass is 471 g/mol. The number of allylic oxidation sites excluding steroid dienone is 12. The van der Waals surface area contributed by atoms with Crippen molar-refractivity contribution in [3.8, 4) is 0 Å². The molecule has 0 saturated carbocycles. The van der Waals surface area contributed by atoms with Crippen molar-refractivity contribution >= 4 is 12.0 Å². The molecule has 0 aliphatic heterocycles. The molecule has 6 heteroatoms. The highest BCUT2D eigenvalue weighted by Crippen LogP contribution is 1.99. The fraction of sp³-hybridized carbons (Fsp3) is 0.500. The largest absolute Gasteiger partial charge is 0.452 e. The van der Waals surface area contributed by atoms with Gasteiger partial charge in [0.1, 0.15) is 0 Å². The number of carbonyl (C=O) groups excluding carboxylic acids is 2. The minimum atomic E-state index is -0.613. The van der Waals surface area contributed by atoms with Crippen LogP contribution in [0, 0.1) is 5.92 Å². The Hall–Kier alpha value is -2.86. The summed E-state index contributed by atoms with van der Waals surface area (Å²) in [5.74, 6) is 0.109. The second-order valence-electron chi connectivity index (χ2n) is 8.10. The molecular formula is C28H45N3O3. The van der Waals surface area contributed by atoms with E-state index in [4.69, 9.17) is 0 Å². The molecular weight excluding hydrogens is 426 g/mol. The van der Waals surface area contributed by atoms with Gasteiger partial charge in [-0.15, -0.1) is 5.12 Å². The molecule has 0 aromatic heterocycles. The molecule has 2 N–H and O–H groups in total. The van der Waals surface area contributed by atoms with Crippen LogP contribution >= 0.6 is 0 Å². The van der Waals surface area contributed by atoms with E-state index in [0.29, 0.717) is 19.4 Å². The van der Waals surface area contributed by atoms with Gasteiger partial charge >= 0.3 is 6.09 Å². The maximum atomic E-state index is 12.1. The molecule has 0 radical (unpaired) electrons. The summed E-state index contributed by atoms with van der Waals surface area (Å²) in [6.07, 6.45) is 32.1. The van der Waals surface area contributed by atoms with Crippen LogP contribution < -0.4 is 10.9 Å². The lowest BCUT2D eigenvalue weighted by Gasteiger charge is -2.24. The third-order valence-electron chi connectivity index (χ3n) is 4.35. The Labute approximate surface area is 207 Å². The average Bonchev–Trinajstić information content (AvgIpc) is 2.80. The van der Waals surface area contributed by atoms with E-state index in [1.165, 1.54) is 12.2 Å². The van der Waals surface area contributed by atoms with Crippen LogP contribution in [0.5, 0.6) is 0 Å². The number of methoxy groups -OCH3 is 1. The molecule has 0 atom stereocenters. The van der Waals surface area contributed by atoms with Crippen LogP contribution in [0.3, 0.4) is 0 Å². The molecule has 0 aliphatic rings. The summed E-state index contributed by atoms with van der Waals surface area (Å²) in [5, 5.41) is 1.37. The number of hydrazine groups is 2. The van der Waals surface area contributed by atoms with Gasteiger partial charge in [-0.3, -0.25) is 10.2 Å². The highest BCUT2D eigenvalue weighted by atomic mass is 16.5. The van der Waals surface area contributed by atoms with Crippen molar-refractivity contribution in [1.82, 2.24) is 16.0 Å². The Morgan fingerprint density at radius 1 is 0.735 bits per heavy atom. The molecule has 0 aromatic rings. The van der Waals surface area contributed by atoms with Gasteiger partial charge in [0.2, 0.25) is 5.91 Å². The first kappa shape index (κ1) is 31.1. The Kier molecular flexibility index (Phi) is 21.3. The zero-order valence-corrected chi connectivity index (χ0v) is 21.5. The fourth-order valence-electron chi connectivity index (χ4n) is 2.70. The molecule has 0 rings (SSSR count). The molecule has 2 amide bonds. The van der Waals surface area contributed by atoms with Crippen molar-refractivity contribution in [2.75, 3.05) is 13.7 Å². The summed E-state index contributed by atoms with van der Waals surface area (Å²) < 4.78 is 4.58. The summed E-state index contributed by atoms with van der Waals surface area (Å²) in [6, 6.07) is 0. The van der Waals surface area contributed by atoms with Gasteiger partial charge in [0.25, 0.3) is 0 Å². The molecule has 0 aromatic carbocycles. The van der Waals surface area contributed by atoms with Crippen LogP contribution in [0.2, 0.25) is 0 Å². The zero-order valence-electron chi connectivity index (χ0n) is 21.5. The Bertz CT molecular complexity index is 704. The number of hydrogen-bond acceptors (Lipinski definition) is 4. The van der Waals surface area contributed by atoms with E-state index in [-0.39, 0.29) is 11.8 Å². The molecule has 0 spiro atoms. The predicted octanol–water partition coefficient (Wildman–Crippen LogP) is 6.72. The maximum Gasteiger partial charge on any atom is 0.422 e. The quantitative estimate of drug-likeness (QED) is 0.172. The van der Waals surface area contributed by atoms with Crippen LogP contribution in [-0.4, -0.2) is 30.8 Å². The van der Waals surface area contributed by atoms with Crippen molar-refractivity contribution in [2.45, 2.75) is 72.1 Å². The van der Waals surface area contributed by atoms with Crippen molar-refractivity contribution in [2.24, 2.45) is 5.92 Å². The summed E-state index contributed by atoms with van der Waals surface area (Å²) in [6.45, 7) is 6.62. The minimum absolute atomic E-state index is 0.156. The van der Waals surface area contributed by atoms with Crippen LogP contribution in [-0.2, 0) is 9.53 Å². The molecule has 190 valence electrons. The summed E-state index contributed by atoms with van der Waals surface area (Å²) >= 11 is 0. The molecule has 0 heterocycles. The van der Waals surface area contributed by atoms with Crippen molar-refractivity contribution in [3.63, 3.8) is 0 Å². The van der Waals surface area contributed by atoms with E-state index in [1.807, 2.05) is 19.9 Å². The van der Waals surface area contributed by atoms with Gasteiger partial charge in [0.05, 0.1) is 7.11 Å². The van der Waals surface area contributed by atoms with Crippen LogP contribution in [0.15, 0.2) is 72.9 Å². The number of amides is 2. The number of nitrogens with zero attached hydrogens (tertiary/aromatic N) is 1. The summed E-state index contributed by atoms with van der Waals surface area (Å²) in [7, 11) is 1.28. The van der Waals surface area contributed by atoms with Gasteiger partial charge in [-0.2, -0.15) is 0 Å². The second kappa shape index (κ2) is 23.3. The Morgan fingerprint density at radius 2 is 1.18 bits per heavy atom. The van der Waals surface area contributed by atoms with E-state index in [9.17, 15) is 9.59 Å². The molecule has 0 aliphatic carbocycles. The number of ether oxygens (including phenoxy) is 1.